The summed E-state index contributed by atoms with van der Waals surface area (Å²) >= 11 is 8.83. The molecule has 4 N–H and O–H groups in total. The molecule has 0 saturated carbocycles. The number of carbonyl (C=O) groups excluding carboxylic acids is 1. The third-order valence-corrected chi connectivity index (χ3v) is 5.17. The molecule has 0 aliphatic rings. The molecule has 0 saturated heterocycles. The van der Waals surface area contributed by atoms with E-state index >= 15 is 0 Å². The molecule has 0 bridgehead atoms. The lowest BCUT2D eigenvalue weighted by atomic mass is 10.2. The highest BCUT2D eigenvalue weighted by Crippen LogP contribution is 2.44. The van der Waals surface area contributed by atoms with E-state index in [-0.39, 0.29) is 0 Å². The molecule has 100 valence electrons. The van der Waals surface area contributed by atoms with Crippen molar-refractivity contribution in [3.63, 3.8) is 0 Å². The van der Waals surface area contributed by atoms with Crippen molar-refractivity contribution in [1.29, 1.82) is 0 Å². The molecule has 2 rings (SSSR count). The van der Waals surface area contributed by atoms with Crippen LogP contribution in [0.4, 0.5) is 5.69 Å². The van der Waals surface area contributed by atoms with Gasteiger partial charge >= 0.3 is 0 Å². The second kappa shape index (κ2) is 5.86. The van der Waals surface area contributed by atoms with Gasteiger partial charge in [0, 0.05) is 9.92 Å². The van der Waals surface area contributed by atoms with Crippen molar-refractivity contribution in [1.82, 2.24) is 0 Å². The summed E-state index contributed by atoms with van der Waals surface area (Å²) in [5.41, 5.74) is 12.8. The Kier molecular flexibility index (Phi) is 4.39. The topological polar surface area (TPSA) is 69.1 Å². The summed E-state index contributed by atoms with van der Waals surface area (Å²) in [7, 11) is 0. The van der Waals surface area contributed by atoms with E-state index in [1.165, 1.54) is 11.3 Å². The number of thioether (sulfide) groups is 1. The summed E-state index contributed by atoms with van der Waals surface area (Å²) in [5.74, 6) is 0.389. The van der Waals surface area contributed by atoms with E-state index in [1.54, 1.807) is 11.8 Å². The maximum Gasteiger partial charge on any atom is 0.260 e. The maximum atomic E-state index is 11.4. The quantitative estimate of drug-likeness (QED) is 0.842. The van der Waals surface area contributed by atoms with Gasteiger partial charge in [-0.1, -0.05) is 30.7 Å². The number of anilines is 1. The first-order valence-corrected chi connectivity index (χ1v) is 7.83. The third kappa shape index (κ3) is 2.88. The molecule has 0 atom stereocenters. The number of nitrogens with two attached hydrogens (primary N) is 2. The van der Waals surface area contributed by atoms with E-state index in [9.17, 15) is 4.79 Å². The van der Waals surface area contributed by atoms with Crippen LogP contribution in [-0.4, -0.2) is 11.7 Å². The molecule has 0 unspecified atom stereocenters. The number of hydrogen-bond acceptors (Lipinski definition) is 4. The Labute approximate surface area is 124 Å². The average Bonchev–Trinajstić information content (AvgIpc) is 2.69. The van der Waals surface area contributed by atoms with Gasteiger partial charge in [-0.2, -0.15) is 0 Å². The van der Waals surface area contributed by atoms with Crippen LogP contribution in [0.2, 0.25) is 5.02 Å². The number of amides is 1. The molecular weight excluding hydrogens is 300 g/mol. The highest BCUT2D eigenvalue weighted by atomic mass is 35.5. The molecule has 0 radical (unpaired) electrons. The van der Waals surface area contributed by atoms with Crippen molar-refractivity contribution >= 4 is 46.3 Å². The van der Waals surface area contributed by atoms with Crippen molar-refractivity contribution in [2.24, 2.45) is 5.73 Å². The van der Waals surface area contributed by atoms with Crippen LogP contribution >= 0.6 is 34.7 Å². The number of halogens is 1. The van der Waals surface area contributed by atoms with E-state index in [1.807, 2.05) is 31.2 Å². The Morgan fingerprint density at radius 2 is 2.00 bits per heavy atom. The molecule has 1 aromatic carbocycles. The highest BCUT2D eigenvalue weighted by molar-refractivity contribution is 7.99. The summed E-state index contributed by atoms with van der Waals surface area (Å²) in [6.07, 6.45) is 0. The Hall–Kier alpha value is -1.17. The van der Waals surface area contributed by atoms with Crippen LogP contribution in [0.25, 0.3) is 10.4 Å². The predicted molar refractivity (Wildman–Crippen MR) is 84.1 cm³/mol. The Bertz CT molecular complexity index is 608. The lowest BCUT2D eigenvalue weighted by Gasteiger charge is -2.03. The van der Waals surface area contributed by atoms with E-state index in [4.69, 9.17) is 23.1 Å². The van der Waals surface area contributed by atoms with Crippen molar-refractivity contribution < 1.29 is 4.79 Å². The number of carbonyl (C=O) groups is 1. The zero-order chi connectivity index (χ0) is 14.0. The fourth-order valence-electron chi connectivity index (χ4n) is 1.69. The van der Waals surface area contributed by atoms with Crippen LogP contribution in [0.1, 0.15) is 16.6 Å². The maximum absolute atomic E-state index is 11.4. The number of hydrogen-bond donors (Lipinski definition) is 2. The largest absolute Gasteiger partial charge is 0.396 e. The smallest absolute Gasteiger partial charge is 0.260 e. The van der Waals surface area contributed by atoms with Gasteiger partial charge in [0.25, 0.3) is 5.91 Å². The molecular formula is C13H13ClN2OS2. The van der Waals surface area contributed by atoms with E-state index in [0.717, 1.165) is 21.1 Å². The lowest BCUT2D eigenvalue weighted by Crippen LogP contribution is -2.10. The van der Waals surface area contributed by atoms with Crippen molar-refractivity contribution in [2.75, 3.05) is 11.5 Å². The average molecular weight is 313 g/mol. The second-order valence-electron chi connectivity index (χ2n) is 3.81. The summed E-state index contributed by atoms with van der Waals surface area (Å²) < 4.78 is 0. The number of benzene rings is 1. The molecule has 0 fully saturated rings. The van der Waals surface area contributed by atoms with Crippen LogP contribution in [0.5, 0.6) is 0 Å². The SMILES string of the molecule is CCSc1c(-c2ccc(Cl)cc2)sc(C(N)=O)c1N. The summed E-state index contributed by atoms with van der Waals surface area (Å²) in [6, 6.07) is 7.46. The normalized spacial score (nSPS) is 10.6. The number of thiophene rings is 1. The number of rotatable bonds is 4. The van der Waals surface area contributed by atoms with Gasteiger partial charge in [-0.15, -0.1) is 23.1 Å². The van der Waals surface area contributed by atoms with Crippen LogP contribution < -0.4 is 11.5 Å². The van der Waals surface area contributed by atoms with Gasteiger partial charge in [0.2, 0.25) is 0 Å². The standard InChI is InChI=1S/C13H13ClN2OS2/c1-2-18-11-9(15)12(13(16)17)19-10(11)7-3-5-8(14)6-4-7/h3-6H,2,15H2,1H3,(H2,16,17). The number of nitrogen functional groups attached to an aromatic ring is 1. The van der Waals surface area contributed by atoms with Gasteiger partial charge in [-0.25, -0.2) is 0 Å². The van der Waals surface area contributed by atoms with Crippen molar-refractivity contribution in [2.45, 2.75) is 11.8 Å². The molecule has 1 heterocycles. The summed E-state index contributed by atoms with van der Waals surface area (Å²) in [6.45, 7) is 2.04. The Balaban J connectivity index is 2.58. The molecule has 1 aromatic heterocycles. The zero-order valence-corrected chi connectivity index (χ0v) is 12.7. The highest BCUT2D eigenvalue weighted by Gasteiger charge is 2.20. The first-order chi connectivity index (χ1) is 9.04. The van der Waals surface area contributed by atoms with Crippen LogP contribution in [-0.2, 0) is 0 Å². The first-order valence-electron chi connectivity index (χ1n) is 5.65. The van der Waals surface area contributed by atoms with Gasteiger partial charge in [0.05, 0.1) is 10.6 Å². The minimum Gasteiger partial charge on any atom is -0.396 e. The fourth-order valence-corrected chi connectivity index (χ4v) is 3.95. The monoisotopic (exact) mass is 312 g/mol. The molecule has 0 spiro atoms. The second-order valence-corrected chi connectivity index (χ2v) is 6.54. The molecule has 3 nitrogen and oxygen atoms in total. The fraction of sp³-hybridized carbons (Fsp3) is 0.154. The van der Waals surface area contributed by atoms with E-state index in [2.05, 4.69) is 0 Å². The molecule has 0 aliphatic heterocycles. The van der Waals surface area contributed by atoms with Crippen LogP contribution in [0, 0.1) is 0 Å². The van der Waals surface area contributed by atoms with Crippen molar-refractivity contribution in [3.05, 3.63) is 34.2 Å². The van der Waals surface area contributed by atoms with Gasteiger partial charge in [-0.3, -0.25) is 4.79 Å². The van der Waals surface area contributed by atoms with Gasteiger partial charge in [-0.05, 0) is 23.4 Å². The Morgan fingerprint density at radius 1 is 1.37 bits per heavy atom. The van der Waals surface area contributed by atoms with Crippen LogP contribution in [0.15, 0.2) is 29.2 Å². The van der Waals surface area contributed by atoms with E-state index in [0.29, 0.717) is 15.6 Å². The van der Waals surface area contributed by atoms with Crippen molar-refractivity contribution in [3.8, 4) is 10.4 Å². The summed E-state index contributed by atoms with van der Waals surface area (Å²) in [5, 5.41) is 0.674. The molecule has 1 amide bonds. The minimum absolute atomic E-state index is 0.418. The van der Waals surface area contributed by atoms with Gasteiger partial charge < -0.3 is 11.5 Å². The lowest BCUT2D eigenvalue weighted by molar-refractivity contribution is 0.100. The molecule has 2 aromatic rings. The molecule has 19 heavy (non-hydrogen) atoms. The Morgan fingerprint density at radius 3 is 2.53 bits per heavy atom. The zero-order valence-electron chi connectivity index (χ0n) is 10.3. The third-order valence-electron chi connectivity index (χ3n) is 2.52. The summed E-state index contributed by atoms with van der Waals surface area (Å²) in [4.78, 5) is 13.7. The number of primary amides is 1. The van der Waals surface area contributed by atoms with Gasteiger partial charge in [0.1, 0.15) is 4.88 Å². The molecule has 0 aliphatic carbocycles. The van der Waals surface area contributed by atoms with Crippen LogP contribution in [0.3, 0.4) is 0 Å². The molecule has 6 heteroatoms. The minimum atomic E-state index is -0.485. The predicted octanol–water partition coefficient (Wildman–Crippen LogP) is 3.86. The first kappa shape index (κ1) is 14.2. The van der Waals surface area contributed by atoms with Gasteiger partial charge in [0.15, 0.2) is 0 Å². The van der Waals surface area contributed by atoms with E-state index < -0.39 is 5.91 Å².